The minimum atomic E-state index is -0.600. The highest BCUT2D eigenvalue weighted by molar-refractivity contribution is 5.98. The van der Waals surface area contributed by atoms with Crippen molar-refractivity contribution in [2.45, 2.75) is 18.3 Å². The Hall–Kier alpha value is -9.50. The van der Waals surface area contributed by atoms with Crippen LogP contribution in [0, 0.1) is 0 Å². The van der Waals surface area contributed by atoms with E-state index < -0.39 is 5.41 Å². The van der Waals surface area contributed by atoms with Crippen molar-refractivity contribution in [1.29, 1.82) is 0 Å². The van der Waals surface area contributed by atoms with Gasteiger partial charge in [0.05, 0.1) is 5.41 Å². The van der Waals surface area contributed by atoms with Gasteiger partial charge in [0.1, 0.15) is 0 Å². The normalized spacial score (nSPS) is 14.6. The summed E-state index contributed by atoms with van der Waals surface area (Å²) in [5, 5.41) is 0. The van der Waals surface area contributed by atoms with E-state index in [-0.39, 0.29) is 0 Å². The molecule has 2 heteroatoms. The van der Waals surface area contributed by atoms with Crippen molar-refractivity contribution < 1.29 is 0 Å². The fourth-order valence-electron chi connectivity index (χ4n) is 12.3. The summed E-state index contributed by atoms with van der Waals surface area (Å²) >= 11 is 0. The van der Waals surface area contributed by atoms with Crippen LogP contribution in [0.5, 0.6) is 0 Å². The van der Waals surface area contributed by atoms with Crippen LogP contribution in [0.2, 0.25) is 0 Å². The molecule has 0 fully saturated rings. The van der Waals surface area contributed by atoms with Crippen LogP contribution >= 0.6 is 0 Å². The third-order valence-electron chi connectivity index (χ3n) is 15.8. The van der Waals surface area contributed by atoms with Gasteiger partial charge < -0.3 is 9.80 Å². The van der Waals surface area contributed by atoms with Crippen molar-refractivity contribution >= 4 is 39.7 Å². The van der Waals surface area contributed by atoms with E-state index in [1.807, 2.05) is 0 Å². The predicted molar refractivity (Wildman–Crippen MR) is 315 cm³/mol. The third kappa shape index (κ3) is 7.56. The number of fused-ring (bicyclic) bond motifs is 10. The highest BCUT2D eigenvalue weighted by Gasteiger charge is 2.52. The zero-order valence-electron chi connectivity index (χ0n) is 41.5. The smallest absolute Gasteiger partial charge is 0.0727 e. The largest absolute Gasteiger partial charge is 0.310 e. The summed E-state index contributed by atoms with van der Waals surface area (Å²) in [6.45, 7) is 0. The van der Waals surface area contributed by atoms with Crippen molar-refractivity contribution in [2.75, 3.05) is 9.80 Å². The van der Waals surface area contributed by atoms with E-state index in [2.05, 4.69) is 301 Å². The Labute approximate surface area is 440 Å². The molecule has 0 saturated carbocycles. The molecule has 0 aromatic heterocycles. The molecule has 0 heterocycles. The fraction of sp³-hybridized carbons (Fsp3) is 0.0411. The molecule has 1 unspecified atom stereocenters. The number of allylic oxidation sites excluding steroid dienone is 4. The quantitative estimate of drug-likeness (QED) is 0.135. The van der Waals surface area contributed by atoms with Crippen molar-refractivity contribution in [1.82, 2.24) is 0 Å². The highest BCUT2D eigenvalue weighted by atomic mass is 15.1. The van der Waals surface area contributed by atoms with Crippen molar-refractivity contribution in [2.24, 2.45) is 0 Å². The van der Waals surface area contributed by atoms with Crippen LogP contribution in [0.1, 0.15) is 40.7 Å². The fourth-order valence-corrected chi connectivity index (χ4v) is 12.3. The van der Waals surface area contributed by atoms with E-state index in [0.29, 0.717) is 0 Å². The maximum Gasteiger partial charge on any atom is 0.0727 e. The molecular formula is C73H52N2. The molecule has 1 atom stereocenters. The van der Waals surface area contributed by atoms with Gasteiger partial charge in [0.15, 0.2) is 0 Å². The minimum Gasteiger partial charge on any atom is -0.310 e. The monoisotopic (exact) mass is 956 g/mol. The van der Waals surface area contributed by atoms with E-state index in [9.17, 15) is 0 Å². The molecule has 3 aliphatic carbocycles. The molecule has 11 aromatic carbocycles. The second-order valence-corrected chi connectivity index (χ2v) is 19.9. The highest BCUT2D eigenvalue weighted by Crippen LogP contribution is 2.64. The van der Waals surface area contributed by atoms with Crippen LogP contribution in [0.4, 0.5) is 34.1 Å². The summed E-state index contributed by atoms with van der Waals surface area (Å²) in [6, 6.07) is 101. The first-order valence-corrected chi connectivity index (χ1v) is 26.2. The van der Waals surface area contributed by atoms with Gasteiger partial charge in [-0.05, 0) is 175 Å². The maximum atomic E-state index is 2.50. The lowest BCUT2D eigenvalue weighted by molar-refractivity contribution is 0.793. The lowest BCUT2D eigenvalue weighted by Crippen LogP contribution is -2.26. The first-order chi connectivity index (χ1) is 37.2. The second kappa shape index (κ2) is 18.5. The first-order valence-electron chi connectivity index (χ1n) is 26.2. The molecule has 0 amide bonds. The second-order valence-electron chi connectivity index (χ2n) is 19.9. The zero-order chi connectivity index (χ0) is 49.7. The van der Waals surface area contributed by atoms with E-state index in [4.69, 9.17) is 0 Å². The van der Waals surface area contributed by atoms with Gasteiger partial charge in [0.25, 0.3) is 0 Å². The molecule has 75 heavy (non-hydrogen) atoms. The Kier molecular flexibility index (Phi) is 10.9. The van der Waals surface area contributed by atoms with Crippen molar-refractivity contribution in [3.8, 4) is 55.6 Å². The molecular weight excluding hydrogens is 905 g/mol. The zero-order valence-corrected chi connectivity index (χ0v) is 41.5. The summed E-state index contributed by atoms with van der Waals surface area (Å²) in [7, 11) is 0. The van der Waals surface area contributed by atoms with Crippen LogP contribution in [0.25, 0.3) is 61.2 Å². The standard InChI is InChI=1S/C73H52N2/c1-5-17-51(18-6-1)55-29-37-59(38-30-55)74(60-39-31-56(32-40-60)52-19-7-2-8-20-52)63-45-47-67-65-25-13-15-27-69(65)73(71(67)49-63)70-28-16-14-26-66(70)68-48-46-64(50-72(68)73)75(61-41-33-57(34-42-61)53-21-9-3-10-22-53)62-43-35-58(36-44-62)54-23-11-4-12-24-54/h1-11,13-23,25-50H,12,24H2. The predicted octanol–water partition coefficient (Wildman–Crippen LogP) is 19.7. The van der Waals surface area contributed by atoms with Gasteiger partial charge in [-0.2, -0.15) is 0 Å². The Bertz CT molecular complexity index is 3850. The topological polar surface area (TPSA) is 6.48 Å². The number of benzene rings is 11. The molecule has 1 spiro atoms. The lowest BCUT2D eigenvalue weighted by atomic mass is 9.70. The van der Waals surface area contributed by atoms with Crippen LogP contribution < -0.4 is 9.80 Å². The van der Waals surface area contributed by atoms with Crippen LogP contribution in [0.15, 0.2) is 291 Å². The summed E-state index contributed by atoms with van der Waals surface area (Å²) in [4.78, 5) is 4.88. The Morgan fingerprint density at radius 2 is 0.587 bits per heavy atom. The summed E-state index contributed by atoms with van der Waals surface area (Å²) in [5.41, 5.74) is 26.1. The molecule has 2 nitrogen and oxygen atoms in total. The van der Waals surface area contributed by atoms with Crippen LogP contribution in [-0.2, 0) is 5.41 Å². The molecule has 354 valence electrons. The van der Waals surface area contributed by atoms with E-state index in [1.54, 1.807) is 0 Å². The summed E-state index contributed by atoms with van der Waals surface area (Å²) in [5.74, 6) is 0. The van der Waals surface area contributed by atoms with E-state index in [1.165, 1.54) is 89.0 Å². The van der Waals surface area contributed by atoms with Gasteiger partial charge in [-0.25, -0.2) is 0 Å². The first kappa shape index (κ1) is 44.2. The molecule has 3 aliphatic rings. The molecule has 14 rings (SSSR count). The molecule has 0 radical (unpaired) electrons. The Balaban J connectivity index is 0.953. The van der Waals surface area contributed by atoms with Gasteiger partial charge in [-0.3, -0.25) is 0 Å². The molecule has 0 bridgehead atoms. The van der Waals surface area contributed by atoms with Crippen LogP contribution in [-0.4, -0.2) is 0 Å². The molecule has 0 N–H and O–H groups in total. The van der Waals surface area contributed by atoms with Gasteiger partial charge in [0, 0.05) is 34.1 Å². The maximum absolute atomic E-state index is 2.50. The average molecular weight is 957 g/mol. The number of hydrogen-bond donors (Lipinski definition) is 0. The Morgan fingerprint density at radius 1 is 0.267 bits per heavy atom. The van der Waals surface area contributed by atoms with Gasteiger partial charge in [0.2, 0.25) is 0 Å². The number of rotatable bonds is 10. The number of nitrogens with zero attached hydrogens (tertiary/aromatic N) is 2. The minimum absolute atomic E-state index is 0.600. The van der Waals surface area contributed by atoms with Crippen molar-refractivity contribution in [3.63, 3.8) is 0 Å². The van der Waals surface area contributed by atoms with Gasteiger partial charge in [-0.15, -0.1) is 0 Å². The molecule has 0 aliphatic heterocycles. The summed E-state index contributed by atoms with van der Waals surface area (Å²) in [6.07, 6.45) is 8.84. The van der Waals surface area contributed by atoms with Gasteiger partial charge in [-0.1, -0.05) is 218 Å². The van der Waals surface area contributed by atoms with Crippen molar-refractivity contribution in [3.05, 3.63) is 319 Å². The van der Waals surface area contributed by atoms with E-state index >= 15 is 0 Å². The molecule has 0 saturated heterocycles. The third-order valence-corrected chi connectivity index (χ3v) is 15.8. The SMILES string of the molecule is C1=CCCC(c2ccc(N(c3ccc(-c4ccccc4)cc3)c3ccc4c(c3)C3(c5ccccc5-4)c4ccccc4-c4ccc(N(c5ccc(-c6ccccc6)cc5)c5ccc(-c6ccccc6)cc5)cc43)cc2)=C1. The van der Waals surface area contributed by atoms with Crippen LogP contribution in [0.3, 0.4) is 0 Å². The number of anilines is 6. The van der Waals surface area contributed by atoms with E-state index in [0.717, 1.165) is 47.0 Å². The van der Waals surface area contributed by atoms with Gasteiger partial charge >= 0.3 is 0 Å². The molecule has 11 aromatic rings. The number of hydrogen-bond acceptors (Lipinski definition) is 2. The average Bonchev–Trinajstić information content (AvgIpc) is 3.98. The lowest BCUT2D eigenvalue weighted by Gasteiger charge is -2.33. The summed E-state index contributed by atoms with van der Waals surface area (Å²) < 4.78 is 0. The Morgan fingerprint density at radius 3 is 0.960 bits per heavy atom.